The molecule has 0 radical (unpaired) electrons. The number of anilines is 1. The molecule has 0 aliphatic rings. The molecule has 0 aromatic heterocycles. The molecule has 0 bridgehead atoms. The highest BCUT2D eigenvalue weighted by Gasteiger charge is 2.18. The topological polar surface area (TPSA) is 58.5 Å². The van der Waals surface area contributed by atoms with Gasteiger partial charge in [-0.15, -0.1) is 0 Å². The van der Waals surface area contributed by atoms with Crippen molar-refractivity contribution in [3.8, 4) is 0 Å². The van der Waals surface area contributed by atoms with Gasteiger partial charge >= 0.3 is 0 Å². The summed E-state index contributed by atoms with van der Waals surface area (Å²) in [7, 11) is -3.30. The quantitative estimate of drug-likeness (QED) is 0.857. The van der Waals surface area contributed by atoms with Crippen LogP contribution in [0, 0.1) is 6.92 Å². The Labute approximate surface area is 109 Å². The van der Waals surface area contributed by atoms with Gasteiger partial charge in [0.05, 0.1) is 17.6 Å². The molecule has 0 spiro atoms. The van der Waals surface area contributed by atoms with E-state index in [1.54, 1.807) is 0 Å². The molecule has 1 aromatic carbocycles. The first-order chi connectivity index (χ1) is 8.04. The first-order valence-electron chi connectivity index (χ1n) is 5.64. The van der Waals surface area contributed by atoms with Crippen LogP contribution < -0.4 is 4.72 Å². The summed E-state index contributed by atoms with van der Waals surface area (Å²) in [5.74, 6) is 0. The minimum Gasteiger partial charge on any atom is -0.283 e. The number of rotatable bonds is 3. The second kappa shape index (κ2) is 4.72. The van der Waals surface area contributed by atoms with Crippen molar-refractivity contribution in [2.75, 3.05) is 11.0 Å². The lowest BCUT2D eigenvalue weighted by Crippen LogP contribution is -2.15. The smallest absolute Gasteiger partial charge is 0.229 e. The number of hydrogen-bond donors (Lipinski definition) is 1. The first kappa shape index (κ1) is 14.7. The lowest BCUT2D eigenvalue weighted by molar-refractivity contribution is 0.590. The van der Waals surface area contributed by atoms with Crippen molar-refractivity contribution in [3.05, 3.63) is 23.3 Å². The monoisotopic (exact) mass is 268 g/mol. The molecule has 18 heavy (non-hydrogen) atoms. The molecule has 0 saturated carbocycles. The predicted molar refractivity (Wildman–Crippen MR) is 77.6 cm³/mol. The van der Waals surface area contributed by atoms with E-state index in [9.17, 15) is 8.42 Å². The normalized spacial score (nSPS) is 12.3. The van der Waals surface area contributed by atoms with Gasteiger partial charge in [0, 0.05) is 0 Å². The highest BCUT2D eigenvalue weighted by atomic mass is 32.2. The van der Waals surface area contributed by atoms with Crippen LogP contribution in [0.4, 0.5) is 11.4 Å². The Bertz CT molecular complexity index is 569. The first-order valence-corrected chi connectivity index (χ1v) is 7.53. The maximum atomic E-state index is 11.4. The molecule has 0 atom stereocenters. The zero-order valence-electron chi connectivity index (χ0n) is 11.5. The van der Waals surface area contributed by atoms with Crippen LogP contribution in [0.1, 0.15) is 31.9 Å². The van der Waals surface area contributed by atoms with E-state index < -0.39 is 10.0 Å². The third-order valence-corrected chi connectivity index (χ3v) is 3.30. The van der Waals surface area contributed by atoms with E-state index in [0.717, 1.165) is 17.4 Å². The van der Waals surface area contributed by atoms with Gasteiger partial charge in [-0.3, -0.25) is 9.71 Å². The van der Waals surface area contributed by atoms with E-state index in [-0.39, 0.29) is 5.41 Å². The Morgan fingerprint density at radius 3 is 2.22 bits per heavy atom. The summed E-state index contributed by atoms with van der Waals surface area (Å²) in [5.41, 5.74) is 2.98. The predicted octanol–water partition coefficient (Wildman–Crippen LogP) is 3.00. The second-order valence-corrected chi connectivity index (χ2v) is 7.20. The molecular formula is C13H20N2O2S. The average molecular weight is 268 g/mol. The van der Waals surface area contributed by atoms with Crippen LogP contribution in [-0.4, -0.2) is 21.4 Å². The molecule has 0 unspecified atom stereocenters. The Morgan fingerprint density at radius 2 is 1.83 bits per heavy atom. The molecule has 100 valence electrons. The highest BCUT2D eigenvalue weighted by Crippen LogP contribution is 2.33. The van der Waals surface area contributed by atoms with E-state index in [1.165, 1.54) is 0 Å². The summed E-state index contributed by atoms with van der Waals surface area (Å²) in [4.78, 5) is 3.95. The zero-order valence-corrected chi connectivity index (χ0v) is 12.4. The molecule has 0 saturated heterocycles. The van der Waals surface area contributed by atoms with Crippen LogP contribution >= 0.6 is 0 Å². The molecule has 0 amide bonds. The van der Waals surface area contributed by atoms with Crippen LogP contribution in [0.2, 0.25) is 0 Å². The van der Waals surface area contributed by atoms with Crippen molar-refractivity contribution in [1.82, 2.24) is 0 Å². The van der Waals surface area contributed by atoms with Crippen molar-refractivity contribution in [2.24, 2.45) is 4.99 Å². The Morgan fingerprint density at radius 1 is 1.28 bits per heavy atom. The van der Waals surface area contributed by atoms with E-state index in [0.29, 0.717) is 11.4 Å². The Kier molecular flexibility index (Phi) is 3.86. The summed E-state index contributed by atoms with van der Waals surface area (Å²) in [5, 5.41) is 0. The van der Waals surface area contributed by atoms with Crippen LogP contribution in [0.15, 0.2) is 17.1 Å². The van der Waals surface area contributed by atoms with Gasteiger partial charge in [0.1, 0.15) is 0 Å². The van der Waals surface area contributed by atoms with Crippen LogP contribution in [0.25, 0.3) is 0 Å². The summed E-state index contributed by atoms with van der Waals surface area (Å²) in [6, 6.07) is 3.79. The lowest BCUT2D eigenvalue weighted by Gasteiger charge is -2.22. The molecule has 1 N–H and O–H groups in total. The number of aliphatic imine (C=N–C) groups is 1. The summed E-state index contributed by atoms with van der Waals surface area (Å²) < 4.78 is 25.2. The number of nitrogens with zero attached hydrogens (tertiary/aromatic N) is 1. The molecule has 5 heteroatoms. The van der Waals surface area contributed by atoms with Gasteiger partial charge in [-0.05, 0) is 42.3 Å². The number of nitrogens with one attached hydrogen (secondary N) is 1. The zero-order chi connectivity index (χ0) is 14.1. The fourth-order valence-electron chi connectivity index (χ4n) is 1.60. The lowest BCUT2D eigenvalue weighted by atomic mass is 9.86. The Hall–Kier alpha value is -1.36. The van der Waals surface area contributed by atoms with Crippen molar-refractivity contribution in [3.63, 3.8) is 0 Å². The van der Waals surface area contributed by atoms with Gasteiger partial charge in [-0.1, -0.05) is 20.8 Å². The molecule has 0 heterocycles. The molecule has 0 aliphatic carbocycles. The number of sulfonamides is 1. The fraction of sp³-hybridized carbons (Fsp3) is 0.462. The Balaban J connectivity index is 3.46. The third kappa shape index (κ3) is 3.57. The molecular weight excluding hydrogens is 248 g/mol. The van der Waals surface area contributed by atoms with Crippen molar-refractivity contribution < 1.29 is 8.42 Å². The van der Waals surface area contributed by atoms with Crippen LogP contribution in [0.5, 0.6) is 0 Å². The summed E-state index contributed by atoms with van der Waals surface area (Å²) >= 11 is 0. The van der Waals surface area contributed by atoms with Crippen LogP contribution in [0.3, 0.4) is 0 Å². The standard InChI is InChI=1S/C13H20N2O2S/c1-9-11(14-5)7-10(13(2,3)4)8-12(9)15-18(6,16)17/h7-8,15H,5H2,1-4,6H3. The van der Waals surface area contributed by atoms with E-state index in [1.807, 2.05) is 19.1 Å². The van der Waals surface area contributed by atoms with Gasteiger partial charge in [0.25, 0.3) is 0 Å². The molecule has 1 rings (SSSR count). The third-order valence-electron chi connectivity index (χ3n) is 2.71. The largest absolute Gasteiger partial charge is 0.283 e. The minimum atomic E-state index is -3.30. The van der Waals surface area contributed by atoms with Crippen molar-refractivity contribution >= 4 is 28.1 Å². The van der Waals surface area contributed by atoms with Gasteiger partial charge in [-0.2, -0.15) is 0 Å². The van der Waals surface area contributed by atoms with Gasteiger partial charge in [0.15, 0.2) is 0 Å². The maximum absolute atomic E-state index is 11.4. The molecule has 0 aliphatic heterocycles. The molecule has 0 fully saturated rings. The van der Waals surface area contributed by atoms with Gasteiger partial charge in [-0.25, -0.2) is 8.42 Å². The number of benzene rings is 1. The molecule has 1 aromatic rings. The van der Waals surface area contributed by atoms with E-state index >= 15 is 0 Å². The minimum absolute atomic E-state index is 0.0823. The highest BCUT2D eigenvalue weighted by molar-refractivity contribution is 7.92. The van der Waals surface area contributed by atoms with Crippen LogP contribution in [-0.2, 0) is 15.4 Å². The number of hydrogen-bond acceptors (Lipinski definition) is 3. The average Bonchev–Trinajstić information content (AvgIpc) is 2.17. The molecule has 4 nitrogen and oxygen atoms in total. The maximum Gasteiger partial charge on any atom is 0.229 e. The van der Waals surface area contributed by atoms with E-state index in [2.05, 4.69) is 37.2 Å². The van der Waals surface area contributed by atoms with Gasteiger partial charge < -0.3 is 0 Å². The fourth-order valence-corrected chi connectivity index (χ4v) is 2.21. The summed E-state index contributed by atoms with van der Waals surface area (Å²) in [6.07, 6.45) is 1.14. The van der Waals surface area contributed by atoms with Crippen molar-refractivity contribution in [1.29, 1.82) is 0 Å². The summed E-state index contributed by atoms with van der Waals surface area (Å²) in [6.45, 7) is 11.5. The van der Waals surface area contributed by atoms with Crippen molar-refractivity contribution in [2.45, 2.75) is 33.1 Å². The van der Waals surface area contributed by atoms with E-state index in [4.69, 9.17) is 0 Å². The van der Waals surface area contributed by atoms with Gasteiger partial charge in [0.2, 0.25) is 10.0 Å². The SMILES string of the molecule is C=Nc1cc(C(C)(C)C)cc(NS(C)(=O)=O)c1C. The second-order valence-electron chi connectivity index (χ2n) is 5.45.